The molecular formula is C17H16N2O. The van der Waals surface area contributed by atoms with Crippen LogP contribution in [0.3, 0.4) is 0 Å². The average molecular weight is 264 g/mol. The van der Waals surface area contributed by atoms with E-state index in [1.54, 1.807) is 6.92 Å². The number of benzene rings is 2. The largest absolute Gasteiger partial charge is 0.379 e. The van der Waals surface area contributed by atoms with Crippen molar-refractivity contribution < 1.29 is 4.79 Å². The van der Waals surface area contributed by atoms with Crippen LogP contribution in [0.1, 0.15) is 41.4 Å². The van der Waals surface area contributed by atoms with Gasteiger partial charge in [-0.05, 0) is 55.8 Å². The molecule has 0 spiro atoms. The van der Waals surface area contributed by atoms with Crippen molar-refractivity contribution in [2.24, 2.45) is 0 Å². The van der Waals surface area contributed by atoms with Crippen LogP contribution in [0.25, 0.3) is 0 Å². The van der Waals surface area contributed by atoms with Gasteiger partial charge in [0.2, 0.25) is 0 Å². The third-order valence-corrected chi connectivity index (χ3v) is 3.21. The lowest BCUT2D eigenvalue weighted by Gasteiger charge is -2.16. The molecule has 1 unspecified atom stereocenters. The van der Waals surface area contributed by atoms with E-state index in [-0.39, 0.29) is 11.8 Å². The molecule has 0 saturated heterocycles. The Hall–Kier alpha value is -2.60. The van der Waals surface area contributed by atoms with Gasteiger partial charge in [-0.2, -0.15) is 5.26 Å². The highest BCUT2D eigenvalue weighted by molar-refractivity contribution is 5.94. The summed E-state index contributed by atoms with van der Waals surface area (Å²) in [5.41, 5.74) is 3.44. The van der Waals surface area contributed by atoms with Crippen LogP contribution in [0, 0.1) is 11.3 Å². The van der Waals surface area contributed by atoms with Crippen molar-refractivity contribution in [1.29, 1.82) is 5.26 Å². The zero-order chi connectivity index (χ0) is 14.5. The second-order valence-corrected chi connectivity index (χ2v) is 4.73. The van der Waals surface area contributed by atoms with Crippen LogP contribution >= 0.6 is 0 Å². The number of anilines is 1. The summed E-state index contributed by atoms with van der Waals surface area (Å²) in [5.74, 6) is 0.0664. The number of nitriles is 1. The van der Waals surface area contributed by atoms with Crippen LogP contribution in [0.15, 0.2) is 48.5 Å². The van der Waals surface area contributed by atoms with Gasteiger partial charge in [-0.15, -0.1) is 0 Å². The van der Waals surface area contributed by atoms with Gasteiger partial charge in [-0.3, -0.25) is 4.79 Å². The number of hydrogen-bond donors (Lipinski definition) is 1. The Morgan fingerprint density at radius 2 is 1.70 bits per heavy atom. The van der Waals surface area contributed by atoms with Crippen molar-refractivity contribution in [2.45, 2.75) is 19.9 Å². The van der Waals surface area contributed by atoms with E-state index < -0.39 is 0 Å². The first-order valence-corrected chi connectivity index (χ1v) is 6.48. The summed E-state index contributed by atoms with van der Waals surface area (Å²) in [5, 5.41) is 12.1. The fraction of sp³-hybridized carbons (Fsp3) is 0.176. The van der Waals surface area contributed by atoms with E-state index in [1.165, 1.54) is 0 Å². The summed E-state index contributed by atoms with van der Waals surface area (Å²) in [6.07, 6.45) is 0. The molecule has 0 aliphatic rings. The predicted octanol–water partition coefficient (Wildman–Crippen LogP) is 3.93. The monoisotopic (exact) mass is 264 g/mol. The van der Waals surface area contributed by atoms with Gasteiger partial charge in [0, 0.05) is 17.3 Å². The molecule has 2 aromatic carbocycles. The van der Waals surface area contributed by atoms with Crippen LogP contribution in [-0.4, -0.2) is 5.78 Å². The number of carbonyl (C=O) groups is 1. The lowest BCUT2D eigenvalue weighted by molar-refractivity contribution is 0.101. The minimum absolute atomic E-state index is 0.0664. The maximum absolute atomic E-state index is 11.2. The van der Waals surface area contributed by atoms with E-state index in [0.29, 0.717) is 11.1 Å². The van der Waals surface area contributed by atoms with Crippen LogP contribution < -0.4 is 5.32 Å². The first kappa shape index (κ1) is 13.8. The summed E-state index contributed by atoms with van der Waals surface area (Å²) in [7, 11) is 0. The van der Waals surface area contributed by atoms with Crippen molar-refractivity contribution in [1.82, 2.24) is 0 Å². The van der Waals surface area contributed by atoms with Crippen LogP contribution in [0.2, 0.25) is 0 Å². The second-order valence-electron chi connectivity index (χ2n) is 4.73. The fourth-order valence-corrected chi connectivity index (χ4v) is 1.98. The summed E-state index contributed by atoms with van der Waals surface area (Å²) in [6.45, 7) is 3.61. The van der Waals surface area contributed by atoms with Crippen LogP contribution in [0.4, 0.5) is 5.69 Å². The molecule has 0 bridgehead atoms. The Kier molecular flexibility index (Phi) is 4.17. The smallest absolute Gasteiger partial charge is 0.159 e. The van der Waals surface area contributed by atoms with E-state index in [4.69, 9.17) is 5.26 Å². The minimum atomic E-state index is 0.0664. The Morgan fingerprint density at radius 3 is 2.20 bits per heavy atom. The average Bonchev–Trinajstić information content (AvgIpc) is 2.48. The number of hydrogen-bond acceptors (Lipinski definition) is 3. The standard InChI is InChI=1S/C17H16N2O/c1-12(15-5-3-14(11-18)4-6-15)19-17-9-7-16(8-10-17)13(2)20/h3-10,12,19H,1-2H3. The summed E-state index contributed by atoms with van der Waals surface area (Å²) < 4.78 is 0. The topological polar surface area (TPSA) is 52.9 Å². The lowest BCUT2D eigenvalue weighted by atomic mass is 10.1. The molecule has 0 fully saturated rings. The molecule has 100 valence electrons. The number of ketones is 1. The van der Waals surface area contributed by atoms with Gasteiger partial charge >= 0.3 is 0 Å². The molecule has 3 nitrogen and oxygen atoms in total. The number of rotatable bonds is 4. The molecule has 20 heavy (non-hydrogen) atoms. The minimum Gasteiger partial charge on any atom is -0.379 e. The number of nitrogens with zero attached hydrogens (tertiary/aromatic N) is 1. The second kappa shape index (κ2) is 6.03. The van der Waals surface area contributed by atoms with Gasteiger partial charge in [0.1, 0.15) is 0 Å². The van der Waals surface area contributed by atoms with Crippen LogP contribution in [-0.2, 0) is 0 Å². The SMILES string of the molecule is CC(=O)c1ccc(NC(C)c2ccc(C#N)cc2)cc1. The highest BCUT2D eigenvalue weighted by atomic mass is 16.1. The molecule has 1 N–H and O–H groups in total. The zero-order valence-electron chi connectivity index (χ0n) is 11.6. The number of nitrogens with one attached hydrogen (secondary N) is 1. The first-order valence-electron chi connectivity index (χ1n) is 6.48. The molecule has 0 heterocycles. The zero-order valence-corrected chi connectivity index (χ0v) is 11.6. The molecule has 0 saturated carbocycles. The van der Waals surface area contributed by atoms with Gasteiger partial charge in [0.15, 0.2) is 5.78 Å². The maximum atomic E-state index is 11.2. The molecule has 1 atom stereocenters. The van der Waals surface area contributed by atoms with Crippen molar-refractivity contribution in [3.05, 3.63) is 65.2 Å². The van der Waals surface area contributed by atoms with Gasteiger partial charge in [0.05, 0.1) is 11.6 Å². The molecule has 0 aliphatic heterocycles. The normalized spacial score (nSPS) is 11.4. The van der Waals surface area contributed by atoms with Crippen LogP contribution in [0.5, 0.6) is 0 Å². The van der Waals surface area contributed by atoms with E-state index >= 15 is 0 Å². The summed E-state index contributed by atoms with van der Waals surface area (Å²) in [4.78, 5) is 11.2. The van der Waals surface area contributed by atoms with Gasteiger partial charge in [0.25, 0.3) is 0 Å². The fourth-order valence-electron chi connectivity index (χ4n) is 1.98. The molecule has 0 aromatic heterocycles. The third-order valence-electron chi connectivity index (χ3n) is 3.21. The molecule has 0 aliphatic carbocycles. The molecule has 3 heteroatoms. The maximum Gasteiger partial charge on any atom is 0.159 e. The number of carbonyl (C=O) groups excluding carboxylic acids is 1. The van der Waals surface area contributed by atoms with E-state index in [1.807, 2.05) is 48.5 Å². The molecule has 0 amide bonds. The highest BCUT2D eigenvalue weighted by Gasteiger charge is 2.06. The Balaban J connectivity index is 2.08. The lowest BCUT2D eigenvalue weighted by Crippen LogP contribution is -2.06. The Bertz CT molecular complexity index is 636. The van der Waals surface area contributed by atoms with Crippen molar-refractivity contribution >= 4 is 11.5 Å². The van der Waals surface area contributed by atoms with Gasteiger partial charge in [-0.25, -0.2) is 0 Å². The third kappa shape index (κ3) is 3.24. The Labute approximate surface area is 118 Å². The highest BCUT2D eigenvalue weighted by Crippen LogP contribution is 2.20. The quantitative estimate of drug-likeness (QED) is 0.851. The summed E-state index contributed by atoms with van der Waals surface area (Å²) >= 11 is 0. The molecule has 2 aromatic rings. The summed E-state index contributed by atoms with van der Waals surface area (Å²) in [6, 6.07) is 17.2. The van der Waals surface area contributed by atoms with Gasteiger partial charge in [-0.1, -0.05) is 12.1 Å². The van der Waals surface area contributed by atoms with E-state index in [0.717, 1.165) is 11.3 Å². The molecular weight excluding hydrogens is 248 g/mol. The molecule has 2 rings (SSSR count). The van der Waals surface area contributed by atoms with Crippen molar-refractivity contribution in [3.8, 4) is 6.07 Å². The predicted molar refractivity (Wildman–Crippen MR) is 79.6 cm³/mol. The van der Waals surface area contributed by atoms with Crippen molar-refractivity contribution in [3.63, 3.8) is 0 Å². The molecule has 0 radical (unpaired) electrons. The van der Waals surface area contributed by atoms with Crippen molar-refractivity contribution in [2.75, 3.05) is 5.32 Å². The van der Waals surface area contributed by atoms with Gasteiger partial charge < -0.3 is 5.32 Å². The van der Waals surface area contributed by atoms with E-state index in [9.17, 15) is 4.79 Å². The Morgan fingerprint density at radius 1 is 1.10 bits per heavy atom. The number of Topliss-reactive ketones (excluding diaryl/α,β-unsaturated/α-hetero) is 1. The first-order chi connectivity index (χ1) is 9.60. The van der Waals surface area contributed by atoms with E-state index in [2.05, 4.69) is 18.3 Å².